The van der Waals surface area contributed by atoms with E-state index in [1.807, 2.05) is 0 Å². The van der Waals surface area contributed by atoms with Gasteiger partial charge in [-0.2, -0.15) is 4.31 Å². The predicted molar refractivity (Wildman–Crippen MR) is 107 cm³/mol. The molecule has 0 bridgehead atoms. The third kappa shape index (κ3) is 4.60. The summed E-state index contributed by atoms with van der Waals surface area (Å²) in [4.78, 5) is 24.0. The number of piperidine rings is 1. The quantitative estimate of drug-likeness (QED) is 0.744. The lowest BCUT2D eigenvalue weighted by Gasteiger charge is -2.30. The number of nitrogens with zero attached hydrogens (tertiary/aromatic N) is 1. The fourth-order valence-electron chi connectivity index (χ4n) is 3.15. The first-order valence-corrected chi connectivity index (χ1v) is 11.4. The van der Waals surface area contributed by atoms with Crippen LogP contribution in [0.5, 0.6) is 0 Å². The van der Waals surface area contributed by atoms with Crippen molar-refractivity contribution in [3.63, 3.8) is 0 Å². The van der Waals surface area contributed by atoms with Crippen LogP contribution in [0.25, 0.3) is 0 Å². The van der Waals surface area contributed by atoms with Crippen LogP contribution in [0.3, 0.4) is 0 Å². The number of hydrogen-bond acceptors (Lipinski definition) is 5. The van der Waals surface area contributed by atoms with Gasteiger partial charge in [-0.25, -0.2) is 8.42 Å². The van der Waals surface area contributed by atoms with Gasteiger partial charge in [0, 0.05) is 38.2 Å². The fourth-order valence-corrected chi connectivity index (χ4v) is 5.76. The summed E-state index contributed by atoms with van der Waals surface area (Å²) >= 11 is 1.21. The van der Waals surface area contributed by atoms with Crippen LogP contribution in [0, 0.1) is 5.92 Å². The van der Waals surface area contributed by atoms with Gasteiger partial charge in [0.05, 0.1) is 0 Å². The fraction of sp³-hybridized carbons (Fsp3) is 0.368. The summed E-state index contributed by atoms with van der Waals surface area (Å²) in [6.45, 7) is 1.07. The predicted octanol–water partition coefficient (Wildman–Crippen LogP) is 1.82. The van der Waals surface area contributed by atoms with Crippen molar-refractivity contribution in [3.05, 3.63) is 52.9 Å². The van der Waals surface area contributed by atoms with Crippen LogP contribution < -0.4 is 10.6 Å². The van der Waals surface area contributed by atoms with Crippen molar-refractivity contribution in [1.29, 1.82) is 0 Å². The minimum atomic E-state index is -3.45. The van der Waals surface area contributed by atoms with E-state index in [1.165, 1.54) is 15.6 Å². The van der Waals surface area contributed by atoms with Crippen molar-refractivity contribution < 1.29 is 18.0 Å². The SMILES string of the molecule is CNC(=O)c1ccc(CNC(=O)C2CCN(S(=O)(=O)c3cccs3)CC2)cc1. The van der Waals surface area contributed by atoms with Crippen molar-refractivity contribution in [2.24, 2.45) is 5.92 Å². The van der Waals surface area contributed by atoms with Gasteiger partial charge in [0.2, 0.25) is 5.91 Å². The maximum Gasteiger partial charge on any atom is 0.252 e. The van der Waals surface area contributed by atoms with E-state index in [0.717, 1.165) is 5.56 Å². The van der Waals surface area contributed by atoms with E-state index in [1.54, 1.807) is 48.8 Å². The third-order valence-corrected chi connectivity index (χ3v) is 8.10. The second kappa shape index (κ2) is 8.85. The first-order chi connectivity index (χ1) is 13.4. The van der Waals surface area contributed by atoms with Crippen LogP contribution >= 0.6 is 11.3 Å². The Hall–Kier alpha value is -2.23. The molecule has 7 nitrogen and oxygen atoms in total. The second-order valence-electron chi connectivity index (χ2n) is 6.60. The van der Waals surface area contributed by atoms with Crippen molar-refractivity contribution in [2.45, 2.75) is 23.6 Å². The van der Waals surface area contributed by atoms with E-state index >= 15 is 0 Å². The van der Waals surface area contributed by atoms with E-state index in [-0.39, 0.29) is 17.7 Å². The maximum absolute atomic E-state index is 12.5. The van der Waals surface area contributed by atoms with Crippen LogP contribution in [0.4, 0.5) is 0 Å². The summed E-state index contributed by atoms with van der Waals surface area (Å²) in [5.74, 6) is -0.414. The van der Waals surface area contributed by atoms with E-state index in [0.29, 0.717) is 42.2 Å². The zero-order chi connectivity index (χ0) is 20.1. The molecule has 2 amide bonds. The summed E-state index contributed by atoms with van der Waals surface area (Å²) < 4.78 is 26.9. The minimum Gasteiger partial charge on any atom is -0.355 e. The van der Waals surface area contributed by atoms with Crippen molar-refractivity contribution >= 4 is 33.2 Å². The Morgan fingerprint density at radius 2 is 1.82 bits per heavy atom. The van der Waals surface area contributed by atoms with Gasteiger partial charge in [0.1, 0.15) is 4.21 Å². The van der Waals surface area contributed by atoms with Crippen molar-refractivity contribution in [3.8, 4) is 0 Å². The Morgan fingerprint density at radius 3 is 2.39 bits per heavy atom. The number of benzene rings is 1. The lowest BCUT2D eigenvalue weighted by molar-refractivity contribution is -0.126. The average molecular weight is 422 g/mol. The van der Waals surface area contributed by atoms with Crippen LogP contribution in [-0.2, 0) is 21.4 Å². The molecule has 1 aliphatic rings. The summed E-state index contributed by atoms with van der Waals surface area (Å²) in [6.07, 6.45) is 1.01. The Balaban J connectivity index is 1.50. The first kappa shape index (κ1) is 20.5. The van der Waals surface area contributed by atoms with Gasteiger partial charge >= 0.3 is 0 Å². The molecule has 28 heavy (non-hydrogen) atoms. The Kier molecular flexibility index (Phi) is 6.48. The molecule has 2 heterocycles. The van der Waals surface area contributed by atoms with Gasteiger partial charge in [-0.1, -0.05) is 18.2 Å². The summed E-state index contributed by atoms with van der Waals surface area (Å²) in [5.41, 5.74) is 1.47. The topological polar surface area (TPSA) is 95.6 Å². The number of sulfonamides is 1. The number of hydrogen-bond donors (Lipinski definition) is 2. The maximum atomic E-state index is 12.5. The van der Waals surface area contributed by atoms with Gasteiger partial charge in [0.15, 0.2) is 0 Å². The molecule has 1 aliphatic heterocycles. The zero-order valence-corrected chi connectivity index (χ0v) is 17.2. The summed E-state index contributed by atoms with van der Waals surface area (Å²) in [6, 6.07) is 10.4. The minimum absolute atomic E-state index is 0.0662. The molecular formula is C19H23N3O4S2. The lowest BCUT2D eigenvalue weighted by Crippen LogP contribution is -2.42. The molecule has 2 aromatic rings. The van der Waals surface area contributed by atoms with Gasteiger partial charge in [0.25, 0.3) is 15.9 Å². The van der Waals surface area contributed by atoms with Gasteiger partial charge in [-0.05, 0) is 42.0 Å². The van der Waals surface area contributed by atoms with Gasteiger partial charge in [-0.15, -0.1) is 11.3 Å². The van der Waals surface area contributed by atoms with Crippen molar-refractivity contribution in [1.82, 2.24) is 14.9 Å². The Bertz CT molecular complexity index is 917. The number of nitrogens with one attached hydrogen (secondary N) is 2. The number of carbonyl (C=O) groups excluding carboxylic acids is 2. The van der Waals surface area contributed by atoms with Crippen LogP contribution in [-0.4, -0.2) is 44.7 Å². The molecule has 150 valence electrons. The molecule has 1 aromatic carbocycles. The summed E-state index contributed by atoms with van der Waals surface area (Å²) in [7, 11) is -1.87. The number of rotatable bonds is 6. The van der Waals surface area contributed by atoms with Crippen LogP contribution in [0.15, 0.2) is 46.0 Å². The highest BCUT2D eigenvalue weighted by molar-refractivity contribution is 7.91. The normalized spacial score (nSPS) is 15.9. The number of thiophene rings is 1. The largest absolute Gasteiger partial charge is 0.355 e. The molecule has 3 rings (SSSR count). The highest BCUT2D eigenvalue weighted by atomic mass is 32.2. The van der Waals surface area contributed by atoms with Crippen molar-refractivity contribution in [2.75, 3.05) is 20.1 Å². The highest BCUT2D eigenvalue weighted by Crippen LogP contribution is 2.26. The Labute approximate surface area is 168 Å². The van der Waals surface area contributed by atoms with E-state index in [9.17, 15) is 18.0 Å². The Morgan fingerprint density at radius 1 is 1.14 bits per heavy atom. The van der Waals surface area contributed by atoms with Crippen LogP contribution in [0.1, 0.15) is 28.8 Å². The standard InChI is InChI=1S/C19H23N3O4S2/c1-20-18(23)15-6-4-14(5-7-15)13-21-19(24)16-8-10-22(11-9-16)28(25,26)17-3-2-12-27-17/h2-7,12,16H,8-11,13H2,1H3,(H,20,23)(H,21,24). The van der Waals surface area contributed by atoms with Gasteiger partial charge in [-0.3, -0.25) is 9.59 Å². The first-order valence-electron chi connectivity index (χ1n) is 9.04. The van der Waals surface area contributed by atoms with Gasteiger partial charge < -0.3 is 10.6 Å². The number of amides is 2. The molecule has 0 saturated carbocycles. The molecule has 0 spiro atoms. The number of carbonyl (C=O) groups is 2. The van der Waals surface area contributed by atoms with E-state index < -0.39 is 10.0 Å². The monoisotopic (exact) mass is 421 g/mol. The average Bonchev–Trinajstić information content (AvgIpc) is 3.28. The van der Waals surface area contributed by atoms with Crippen LogP contribution in [0.2, 0.25) is 0 Å². The molecule has 0 atom stereocenters. The molecular weight excluding hydrogens is 398 g/mol. The molecule has 1 saturated heterocycles. The molecule has 9 heteroatoms. The molecule has 0 aliphatic carbocycles. The third-order valence-electron chi connectivity index (χ3n) is 4.82. The van der Waals surface area contributed by atoms with E-state index in [2.05, 4.69) is 10.6 Å². The zero-order valence-electron chi connectivity index (χ0n) is 15.6. The molecule has 2 N–H and O–H groups in total. The molecule has 0 unspecified atom stereocenters. The second-order valence-corrected chi connectivity index (χ2v) is 9.72. The molecule has 0 radical (unpaired) electrons. The summed E-state index contributed by atoms with van der Waals surface area (Å²) in [5, 5.41) is 7.21. The molecule has 1 aromatic heterocycles. The lowest BCUT2D eigenvalue weighted by atomic mass is 9.97. The highest BCUT2D eigenvalue weighted by Gasteiger charge is 2.32. The molecule has 1 fully saturated rings. The smallest absolute Gasteiger partial charge is 0.252 e. The van der Waals surface area contributed by atoms with E-state index in [4.69, 9.17) is 0 Å².